The summed E-state index contributed by atoms with van der Waals surface area (Å²) in [4.78, 5) is 25.8. The van der Waals surface area contributed by atoms with Crippen molar-refractivity contribution in [2.24, 2.45) is 0 Å². The van der Waals surface area contributed by atoms with E-state index in [1.165, 1.54) is 18.4 Å². The smallest absolute Gasteiger partial charge is 0.307 e. The van der Waals surface area contributed by atoms with Gasteiger partial charge >= 0.3 is 5.97 Å². The Morgan fingerprint density at radius 2 is 2.29 bits per heavy atom. The molecule has 0 fully saturated rings. The highest BCUT2D eigenvalue weighted by Gasteiger charge is 2.11. The maximum absolute atomic E-state index is 11.8. The minimum Gasteiger partial charge on any atom is -0.469 e. The number of esters is 1. The van der Waals surface area contributed by atoms with E-state index < -0.39 is 0 Å². The number of hydrogen-bond donors (Lipinski definition) is 1. The molecular formula is C14H19ClN2O3S. The van der Waals surface area contributed by atoms with Crippen LogP contribution in [-0.4, -0.2) is 43.5 Å². The van der Waals surface area contributed by atoms with Crippen molar-refractivity contribution in [1.82, 2.24) is 10.2 Å². The SMILES string of the molecule is C=CCN(CC(=O)NCCC(=O)OC)Cc1ccc(Cl)s1. The summed E-state index contributed by atoms with van der Waals surface area (Å²) < 4.78 is 5.24. The van der Waals surface area contributed by atoms with Crippen molar-refractivity contribution < 1.29 is 14.3 Å². The van der Waals surface area contributed by atoms with Crippen molar-refractivity contribution in [2.45, 2.75) is 13.0 Å². The van der Waals surface area contributed by atoms with Gasteiger partial charge in [-0.15, -0.1) is 17.9 Å². The number of thiophene rings is 1. The lowest BCUT2D eigenvalue weighted by molar-refractivity contribution is -0.140. The number of carbonyl (C=O) groups is 2. The zero-order chi connectivity index (χ0) is 15.7. The normalized spacial score (nSPS) is 10.4. The summed E-state index contributed by atoms with van der Waals surface area (Å²) in [6.45, 7) is 5.44. The minimum atomic E-state index is -0.341. The third-order valence-corrected chi connectivity index (χ3v) is 3.86. The van der Waals surface area contributed by atoms with Gasteiger partial charge in [-0.2, -0.15) is 0 Å². The molecule has 0 aromatic carbocycles. The van der Waals surface area contributed by atoms with Crippen molar-refractivity contribution in [3.63, 3.8) is 0 Å². The lowest BCUT2D eigenvalue weighted by Crippen LogP contribution is -2.37. The average Bonchev–Trinajstić information content (AvgIpc) is 2.84. The molecule has 7 heteroatoms. The fraction of sp³-hybridized carbons (Fsp3) is 0.429. The Balaban J connectivity index is 2.40. The van der Waals surface area contributed by atoms with Gasteiger partial charge in [-0.05, 0) is 12.1 Å². The van der Waals surface area contributed by atoms with Gasteiger partial charge in [-0.3, -0.25) is 14.5 Å². The molecule has 1 rings (SSSR count). The molecule has 0 aliphatic rings. The maximum atomic E-state index is 11.8. The quantitative estimate of drug-likeness (QED) is 0.556. The van der Waals surface area contributed by atoms with Crippen LogP contribution in [0.2, 0.25) is 4.34 Å². The Morgan fingerprint density at radius 3 is 2.86 bits per heavy atom. The summed E-state index contributed by atoms with van der Waals surface area (Å²) in [5, 5.41) is 2.69. The lowest BCUT2D eigenvalue weighted by atomic mass is 10.3. The molecule has 0 bridgehead atoms. The van der Waals surface area contributed by atoms with Crippen LogP contribution in [0.25, 0.3) is 0 Å². The van der Waals surface area contributed by atoms with E-state index in [1.54, 1.807) is 6.08 Å². The fourth-order valence-corrected chi connectivity index (χ4v) is 2.82. The van der Waals surface area contributed by atoms with Gasteiger partial charge in [0.2, 0.25) is 5.91 Å². The Morgan fingerprint density at radius 1 is 1.52 bits per heavy atom. The summed E-state index contributed by atoms with van der Waals surface area (Å²) in [6, 6.07) is 3.78. The van der Waals surface area contributed by atoms with Gasteiger partial charge in [-0.1, -0.05) is 17.7 Å². The maximum Gasteiger partial charge on any atom is 0.307 e. The number of hydrogen-bond acceptors (Lipinski definition) is 5. The summed E-state index contributed by atoms with van der Waals surface area (Å²) in [5.74, 6) is -0.477. The standard InChI is InChI=1S/C14H19ClN2O3S/c1-3-8-17(9-11-4-5-12(15)21-11)10-13(18)16-7-6-14(19)20-2/h3-5H,1,6-10H2,2H3,(H,16,18). The molecule has 0 unspecified atom stereocenters. The van der Waals surface area contributed by atoms with E-state index in [-0.39, 0.29) is 31.4 Å². The molecule has 0 saturated carbocycles. The zero-order valence-electron chi connectivity index (χ0n) is 11.9. The topological polar surface area (TPSA) is 58.6 Å². The number of halogens is 1. The second kappa shape index (κ2) is 9.55. The zero-order valence-corrected chi connectivity index (χ0v) is 13.5. The minimum absolute atomic E-state index is 0.136. The fourth-order valence-electron chi connectivity index (χ4n) is 1.69. The highest BCUT2D eigenvalue weighted by Crippen LogP contribution is 2.22. The monoisotopic (exact) mass is 330 g/mol. The number of ether oxygens (including phenoxy) is 1. The molecule has 0 aliphatic heterocycles. The summed E-state index contributed by atoms with van der Waals surface area (Å²) in [6.07, 6.45) is 1.92. The predicted octanol–water partition coefficient (Wildman–Crippen LogP) is 2.07. The third-order valence-electron chi connectivity index (χ3n) is 2.64. The van der Waals surface area contributed by atoms with Crippen LogP contribution in [0.4, 0.5) is 0 Å². The van der Waals surface area contributed by atoms with Gasteiger partial charge in [0.15, 0.2) is 0 Å². The van der Waals surface area contributed by atoms with Gasteiger partial charge in [-0.25, -0.2) is 0 Å². The third kappa shape index (κ3) is 7.27. The Labute approximate surface area is 133 Å². The van der Waals surface area contributed by atoms with Crippen LogP contribution in [0.3, 0.4) is 0 Å². The highest BCUT2D eigenvalue weighted by molar-refractivity contribution is 7.16. The molecule has 0 spiro atoms. The van der Waals surface area contributed by atoms with E-state index in [4.69, 9.17) is 11.6 Å². The first-order valence-corrected chi connectivity index (χ1v) is 7.65. The van der Waals surface area contributed by atoms with Crippen molar-refractivity contribution in [1.29, 1.82) is 0 Å². The molecule has 1 amide bonds. The summed E-state index contributed by atoms with van der Waals surface area (Å²) in [7, 11) is 1.32. The van der Waals surface area contributed by atoms with Crippen molar-refractivity contribution in [2.75, 3.05) is 26.7 Å². The van der Waals surface area contributed by atoms with Crippen LogP contribution in [0, 0.1) is 0 Å². The van der Waals surface area contributed by atoms with E-state index in [9.17, 15) is 9.59 Å². The van der Waals surface area contributed by atoms with Crippen LogP contribution in [0.15, 0.2) is 24.8 Å². The first-order chi connectivity index (χ1) is 10.0. The Kier molecular flexibility index (Phi) is 8.04. The highest BCUT2D eigenvalue weighted by atomic mass is 35.5. The molecule has 1 N–H and O–H groups in total. The van der Waals surface area contributed by atoms with E-state index in [0.29, 0.717) is 13.1 Å². The van der Waals surface area contributed by atoms with Crippen LogP contribution in [-0.2, 0) is 20.9 Å². The van der Waals surface area contributed by atoms with E-state index in [0.717, 1.165) is 9.21 Å². The first kappa shape index (κ1) is 17.7. The average molecular weight is 331 g/mol. The van der Waals surface area contributed by atoms with Crippen LogP contribution >= 0.6 is 22.9 Å². The Hall–Kier alpha value is -1.37. The molecule has 21 heavy (non-hydrogen) atoms. The number of methoxy groups -OCH3 is 1. The number of carbonyl (C=O) groups excluding carboxylic acids is 2. The van der Waals surface area contributed by atoms with Crippen LogP contribution in [0.1, 0.15) is 11.3 Å². The van der Waals surface area contributed by atoms with Crippen molar-refractivity contribution in [3.05, 3.63) is 34.0 Å². The van der Waals surface area contributed by atoms with Crippen molar-refractivity contribution in [3.8, 4) is 0 Å². The molecule has 0 atom stereocenters. The molecule has 1 aromatic rings. The summed E-state index contributed by atoms with van der Waals surface area (Å²) >= 11 is 7.39. The molecule has 5 nitrogen and oxygen atoms in total. The molecule has 116 valence electrons. The predicted molar refractivity (Wildman–Crippen MR) is 84.4 cm³/mol. The van der Waals surface area contributed by atoms with Gasteiger partial charge in [0.25, 0.3) is 0 Å². The molecule has 0 saturated heterocycles. The number of amides is 1. The first-order valence-electron chi connectivity index (χ1n) is 6.46. The largest absolute Gasteiger partial charge is 0.469 e. The van der Waals surface area contributed by atoms with Gasteiger partial charge in [0.05, 0.1) is 24.4 Å². The van der Waals surface area contributed by atoms with Gasteiger partial charge in [0.1, 0.15) is 0 Å². The number of nitrogens with zero attached hydrogens (tertiary/aromatic N) is 1. The molecule has 0 radical (unpaired) electrons. The Bertz CT molecular complexity index is 490. The molecular weight excluding hydrogens is 312 g/mol. The molecule has 0 aliphatic carbocycles. The molecule has 1 heterocycles. The van der Waals surface area contributed by atoms with Crippen molar-refractivity contribution >= 4 is 34.8 Å². The van der Waals surface area contributed by atoms with Crippen LogP contribution < -0.4 is 5.32 Å². The second-order valence-corrected chi connectivity index (χ2v) is 6.14. The van der Waals surface area contributed by atoms with Gasteiger partial charge < -0.3 is 10.1 Å². The number of nitrogens with one attached hydrogen (secondary N) is 1. The van der Waals surface area contributed by atoms with E-state index in [1.807, 2.05) is 17.0 Å². The number of rotatable bonds is 9. The van der Waals surface area contributed by atoms with Gasteiger partial charge in [0, 0.05) is 24.5 Å². The molecule has 1 aromatic heterocycles. The van der Waals surface area contributed by atoms with E-state index >= 15 is 0 Å². The lowest BCUT2D eigenvalue weighted by Gasteiger charge is -2.19. The van der Waals surface area contributed by atoms with E-state index in [2.05, 4.69) is 16.6 Å². The van der Waals surface area contributed by atoms with Crippen LogP contribution in [0.5, 0.6) is 0 Å². The second-order valence-electron chi connectivity index (χ2n) is 4.34. The summed E-state index contributed by atoms with van der Waals surface area (Å²) in [5.41, 5.74) is 0.